The summed E-state index contributed by atoms with van der Waals surface area (Å²) < 4.78 is 14.9. The van der Waals surface area contributed by atoms with Gasteiger partial charge in [-0.15, -0.1) is 0 Å². The van der Waals surface area contributed by atoms with E-state index in [9.17, 15) is 0 Å². The first-order valence-corrected chi connectivity index (χ1v) is 3.95. The molecule has 0 saturated carbocycles. The second kappa shape index (κ2) is 8.54. The van der Waals surface area contributed by atoms with E-state index < -0.39 is 0 Å². The van der Waals surface area contributed by atoms with E-state index in [2.05, 4.69) is 5.92 Å². The molecule has 0 aromatic rings. The molecule has 0 heterocycles. The molecule has 0 aliphatic carbocycles. The molecule has 0 aromatic heterocycles. The summed E-state index contributed by atoms with van der Waals surface area (Å²) >= 11 is 0. The minimum atomic E-state index is -0.243. The van der Waals surface area contributed by atoms with Crippen LogP contribution in [0.4, 0.5) is 0 Å². The fraction of sp³-hybridized carbons (Fsp3) is 0.778. The maximum Gasteiger partial charge on any atom is 0.148 e. The highest BCUT2D eigenvalue weighted by Gasteiger charge is 1.99. The molecule has 0 saturated heterocycles. The lowest BCUT2D eigenvalue weighted by Crippen LogP contribution is -2.13. The number of ether oxygens (including phenoxy) is 3. The zero-order chi connectivity index (χ0) is 9.23. The average molecular weight is 171 g/mol. The van der Waals surface area contributed by atoms with Gasteiger partial charge in [-0.3, -0.25) is 0 Å². The number of hydrogen-bond donors (Lipinski definition) is 0. The first kappa shape index (κ1) is 11.4. The van der Waals surface area contributed by atoms with Gasteiger partial charge >= 0.3 is 0 Å². The quantitative estimate of drug-likeness (QED) is 0.325. The minimum Gasteiger partial charge on any atom is -0.382 e. The van der Waals surface area contributed by atoms with Crippen molar-refractivity contribution in [1.82, 2.24) is 0 Å². The Bertz CT molecular complexity index is 128. The minimum absolute atomic E-state index is 0.202. The van der Waals surface area contributed by atoms with E-state index in [0.29, 0.717) is 13.2 Å². The molecule has 69 valence electrons. The number of rotatable bonds is 7. The van der Waals surface area contributed by atoms with E-state index in [1.807, 2.05) is 6.92 Å². The fourth-order valence-corrected chi connectivity index (χ4v) is 0.593. The normalized spacial score (nSPS) is 12.4. The molecule has 0 fully saturated rings. The summed E-state index contributed by atoms with van der Waals surface area (Å²) in [5.74, 6) is 2.26. The van der Waals surface area contributed by atoms with Gasteiger partial charge in [0.1, 0.15) is 12.9 Å². The molecule has 0 bridgehead atoms. The van der Waals surface area contributed by atoms with E-state index >= 15 is 0 Å². The third kappa shape index (κ3) is 6.17. The first-order chi connectivity index (χ1) is 5.85. The summed E-state index contributed by atoms with van der Waals surface area (Å²) in [5, 5.41) is 0. The molecule has 3 nitrogen and oxygen atoms in total. The van der Waals surface area contributed by atoms with Crippen LogP contribution in [0.2, 0.25) is 0 Å². The summed E-state index contributed by atoms with van der Waals surface area (Å²) in [7, 11) is 1.62. The van der Waals surface area contributed by atoms with Crippen LogP contribution in [-0.2, 0) is 14.2 Å². The molecule has 1 atom stereocenters. The standard InChI is InChI=1S/C9H15O3/c1-4-9(5-2)12-8-11-7-6-10-3/h9H,4,6-8H2,1,3H3. The first-order valence-electron chi connectivity index (χ1n) is 3.95. The topological polar surface area (TPSA) is 27.7 Å². The molecule has 0 N–H and O–H groups in total. The van der Waals surface area contributed by atoms with Gasteiger partial charge in [0.15, 0.2) is 0 Å². The van der Waals surface area contributed by atoms with Gasteiger partial charge in [0.05, 0.1) is 13.2 Å². The molecular weight excluding hydrogens is 156 g/mol. The van der Waals surface area contributed by atoms with Crippen molar-refractivity contribution in [2.24, 2.45) is 0 Å². The Kier molecular flexibility index (Phi) is 8.14. The van der Waals surface area contributed by atoms with Gasteiger partial charge in [-0.25, -0.2) is 0 Å². The van der Waals surface area contributed by atoms with Crippen LogP contribution in [0.15, 0.2) is 0 Å². The summed E-state index contributed by atoms with van der Waals surface area (Å²) in [6.07, 6.45) is 7.33. The Morgan fingerprint density at radius 3 is 2.67 bits per heavy atom. The summed E-state index contributed by atoms with van der Waals surface area (Å²) in [4.78, 5) is 0. The van der Waals surface area contributed by atoms with Crippen LogP contribution in [0, 0.1) is 12.3 Å². The van der Waals surface area contributed by atoms with Crippen molar-refractivity contribution in [2.45, 2.75) is 19.4 Å². The smallest absolute Gasteiger partial charge is 0.148 e. The Labute approximate surface area is 74.0 Å². The average Bonchev–Trinajstić information content (AvgIpc) is 2.11. The maximum atomic E-state index is 6.82. The molecule has 3 heteroatoms. The lowest BCUT2D eigenvalue weighted by molar-refractivity contribution is -0.0829. The van der Waals surface area contributed by atoms with Crippen LogP contribution < -0.4 is 0 Å². The SMILES string of the molecule is [C]#CC(CC)OCOCCOC. The van der Waals surface area contributed by atoms with Crippen molar-refractivity contribution in [1.29, 1.82) is 0 Å². The Hall–Kier alpha value is -0.560. The zero-order valence-electron chi connectivity index (χ0n) is 7.63. The van der Waals surface area contributed by atoms with Gasteiger partial charge in [0, 0.05) is 7.11 Å². The van der Waals surface area contributed by atoms with Crippen LogP contribution in [0.1, 0.15) is 13.3 Å². The largest absolute Gasteiger partial charge is 0.382 e. The third-order valence-electron chi connectivity index (χ3n) is 1.32. The lowest BCUT2D eigenvalue weighted by Gasteiger charge is -2.09. The van der Waals surface area contributed by atoms with E-state index in [1.54, 1.807) is 7.11 Å². The van der Waals surface area contributed by atoms with Crippen molar-refractivity contribution < 1.29 is 14.2 Å². The number of methoxy groups -OCH3 is 1. The molecular formula is C9H15O3. The Morgan fingerprint density at radius 2 is 2.17 bits per heavy atom. The van der Waals surface area contributed by atoms with Gasteiger partial charge in [-0.2, -0.15) is 0 Å². The molecule has 0 aromatic carbocycles. The highest BCUT2D eigenvalue weighted by molar-refractivity contribution is 4.86. The van der Waals surface area contributed by atoms with Crippen molar-refractivity contribution in [3.8, 4) is 5.92 Å². The van der Waals surface area contributed by atoms with E-state index in [0.717, 1.165) is 6.42 Å². The number of hydrogen-bond acceptors (Lipinski definition) is 3. The molecule has 0 aliphatic rings. The Balaban J connectivity index is 3.13. The Morgan fingerprint density at radius 1 is 1.42 bits per heavy atom. The maximum absolute atomic E-state index is 6.82. The van der Waals surface area contributed by atoms with Crippen molar-refractivity contribution in [3.63, 3.8) is 0 Å². The van der Waals surface area contributed by atoms with Gasteiger partial charge in [0.2, 0.25) is 0 Å². The molecule has 0 aliphatic heterocycles. The van der Waals surface area contributed by atoms with Crippen LogP contribution >= 0.6 is 0 Å². The van der Waals surface area contributed by atoms with Crippen LogP contribution in [-0.4, -0.2) is 33.2 Å². The van der Waals surface area contributed by atoms with Gasteiger partial charge in [0.25, 0.3) is 0 Å². The van der Waals surface area contributed by atoms with Gasteiger partial charge in [-0.1, -0.05) is 12.8 Å². The van der Waals surface area contributed by atoms with Crippen molar-refractivity contribution in [2.75, 3.05) is 27.1 Å². The van der Waals surface area contributed by atoms with Gasteiger partial charge < -0.3 is 14.2 Å². The monoisotopic (exact) mass is 171 g/mol. The molecule has 1 unspecified atom stereocenters. The molecule has 0 rings (SSSR count). The summed E-state index contributed by atoms with van der Waals surface area (Å²) in [5.41, 5.74) is 0. The van der Waals surface area contributed by atoms with Gasteiger partial charge in [-0.05, 0) is 12.8 Å². The fourth-order valence-electron chi connectivity index (χ4n) is 0.593. The van der Waals surface area contributed by atoms with Crippen molar-refractivity contribution in [3.05, 3.63) is 6.42 Å². The highest BCUT2D eigenvalue weighted by atomic mass is 16.7. The van der Waals surface area contributed by atoms with Crippen LogP contribution in [0.5, 0.6) is 0 Å². The van der Waals surface area contributed by atoms with Crippen LogP contribution in [0.25, 0.3) is 0 Å². The zero-order valence-corrected chi connectivity index (χ0v) is 7.63. The molecule has 1 radical (unpaired) electrons. The second-order valence-corrected chi connectivity index (χ2v) is 2.23. The molecule has 12 heavy (non-hydrogen) atoms. The summed E-state index contributed by atoms with van der Waals surface area (Å²) in [6.45, 7) is 3.22. The van der Waals surface area contributed by atoms with E-state index in [4.69, 9.17) is 20.6 Å². The predicted molar refractivity (Wildman–Crippen MR) is 45.0 cm³/mol. The van der Waals surface area contributed by atoms with Crippen molar-refractivity contribution >= 4 is 0 Å². The van der Waals surface area contributed by atoms with E-state index in [-0.39, 0.29) is 12.9 Å². The second-order valence-electron chi connectivity index (χ2n) is 2.23. The lowest BCUT2D eigenvalue weighted by atomic mass is 10.3. The highest BCUT2D eigenvalue weighted by Crippen LogP contribution is 1.95. The summed E-state index contributed by atoms with van der Waals surface area (Å²) in [6, 6.07) is 0. The van der Waals surface area contributed by atoms with Crippen LogP contribution in [0.3, 0.4) is 0 Å². The van der Waals surface area contributed by atoms with E-state index in [1.165, 1.54) is 0 Å². The third-order valence-corrected chi connectivity index (χ3v) is 1.32. The predicted octanol–water partition coefficient (Wildman–Crippen LogP) is 0.992. The molecule has 0 spiro atoms. The molecule has 0 amide bonds.